The van der Waals surface area contributed by atoms with Crippen LogP contribution in [0.5, 0.6) is 0 Å². The summed E-state index contributed by atoms with van der Waals surface area (Å²) in [5.74, 6) is -0.109. The first-order valence-electron chi connectivity index (χ1n) is 16.7. The Morgan fingerprint density at radius 2 is 1.20 bits per heavy atom. The summed E-state index contributed by atoms with van der Waals surface area (Å²) >= 11 is 0. The molecule has 228 valence electrons. The molecule has 0 fully saturated rings. The summed E-state index contributed by atoms with van der Waals surface area (Å²) in [6.07, 6.45) is 26.5. The van der Waals surface area contributed by atoms with Gasteiger partial charge in [-0.3, -0.25) is 9.59 Å². The first-order valence-corrected chi connectivity index (χ1v) is 16.7. The van der Waals surface area contributed by atoms with Crippen LogP contribution < -0.4 is 15.2 Å². The third-order valence-electron chi connectivity index (χ3n) is 7.86. The SMILES string of the molecule is CCCCCCCCCCCCCCCCNC(=O)[C@H](Cc1ccccc1)NC(=O)CCCCC[n+]1ccccc1. The molecular formula is C36H58N3O2+. The van der Waals surface area contributed by atoms with Crippen molar-refractivity contribution in [2.45, 2.75) is 142 Å². The van der Waals surface area contributed by atoms with Gasteiger partial charge in [0.25, 0.3) is 0 Å². The molecule has 0 spiro atoms. The van der Waals surface area contributed by atoms with Crippen molar-refractivity contribution in [1.29, 1.82) is 0 Å². The van der Waals surface area contributed by atoms with Crippen LogP contribution in [0, 0.1) is 0 Å². The second kappa shape index (κ2) is 24.0. The molecule has 2 amide bonds. The Hall–Kier alpha value is -2.69. The van der Waals surface area contributed by atoms with E-state index in [1.807, 2.05) is 48.5 Å². The molecule has 0 aliphatic rings. The average Bonchev–Trinajstić information content (AvgIpc) is 2.99. The number of nitrogens with one attached hydrogen (secondary N) is 2. The van der Waals surface area contributed by atoms with E-state index in [0.29, 0.717) is 19.4 Å². The fourth-order valence-electron chi connectivity index (χ4n) is 5.32. The van der Waals surface area contributed by atoms with E-state index in [9.17, 15) is 9.59 Å². The number of unbranched alkanes of at least 4 members (excludes halogenated alkanes) is 15. The number of amides is 2. The lowest BCUT2D eigenvalue weighted by Gasteiger charge is -2.19. The van der Waals surface area contributed by atoms with E-state index in [2.05, 4.69) is 34.5 Å². The van der Waals surface area contributed by atoms with Gasteiger partial charge in [-0.2, -0.15) is 0 Å². The van der Waals surface area contributed by atoms with Crippen LogP contribution in [0.2, 0.25) is 0 Å². The zero-order chi connectivity index (χ0) is 29.2. The van der Waals surface area contributed by atoms with Crippen LogP contribution in [0.1, 0.15) is 128 Å². The predicted molar refractivity (Wildman–Crippen MR) is 171 cm³/mol. The van der Waals surface area contributed by atoms with Crippen LogP contribution in [0.25, 0.3) is 0 Å². The third-order valence-corrected chi connectivity index (χ3v) is 7.86. The summed E-state index contributed by atoms with van der Waals surface area (Å²) in [6, 6.07) is 15.5. The number of rotatable bonds is 25. The van der Waals surface area contributed by atoms with Crippen molar-refractivity contribution < 1.29 is 14.2 Å². The Morgan fingerprint density at radius 3 is 1.80 bits per heavy atom. The Morgan fingerprint density at radius 1 is 0.659 bits per heavy atom. The molecule has 0 unspecified atom stereocenters. The van der Waals surface area contributed by atoms with Crippen molar-refractivity contribution in [3.05, 3.63) is 66.5 Å². The summed E-state index contributed by atoms with van der Waals surface area (Å²) in [4.78, 5) is 25.7. The Bertz CT molecular complexity index is 904. The number of carbonyl (C=O) groups is 2. The van der Waals surface area contributed by atoms with Crippen LogP contribution in [-0.2, 0) is 22.6 Å². The third kappa shape index (κ3) is 18.4. The number of nitrogens with zero attached hydrogens (tertiary/aromatic N) is 1. The Kier molecular flexibility index (Phi) is 20.2. The van der Waals surface area contributed by atoms with E-state index >= 15 is 0 Å². The second-order valence-corrected chi connectivity index (χ2v) is 11.6. The summed E-state index contributed by atoms with van der Waals surface area (Å²) in [5.41, 5.74) is 1.06. The first-order chi connectivity index (χ1) is 20.2. The van der Waals surface area contributed by atoms with Crippen LogP contribution >= 0.6 is 0 Å². The molecule has 0 aliphatic carbocycles. The molecule has 0 saturated carbocycles. The molecular weight excluding hydrogens is 506 g/mol. The molecule has 41 heavy (non-hydrogen) atoms. The second-order valence-electron chi connectivity index (χ2n) is 11.6. The molecule has 1 aromatic carbocycles. The molecule has 0 bridgehead atoms. The van der Waals surface area contributed by atoms with Gasteiger partial charge in [-0.1, -0.05) is 127 Å². The van der Waals surface area contributed by atoms with Gasteiger partial charge in [0, 0.05) is 37.9 Å². The summed E-state index contributed by atoms with van der Waals surface area (Å²) < 4.78 is 2.17. The molecule has 1 atom stereocenters. The molecule has 0 aliphatic heterocycles. The fraction of sp³-hybridized carbons (Fsp3) is 0.639. The normalized spacial score (nSPS) is 11.7. The molecule has 1 heterocycles. The van der Waals surface area contributed by atoms with Gasteiger partial charge in [0.2, 0.25) is 11.8 Å². The molecule has 0 radical (unpaired) electrons. The van der Waals surface area contributed by atoms with E-state index < -0.39 is 6.04 Å². The number of aromatic nitrogens is 1. The highest BCUT2D eigenvalue weighted by atomic mass is 16.2. The summed E-state index contributed by atoms with van der Waals surface area (Å²) in [7, 11) is 0. The number of aryl methyl sites for hydroxylation is 1. The van der Waals surface area contributed by atoms with Gasteiger partial charge >= 0.3 is 0 Å². The van der Waals surface area contributed by atoms with Gasteiger partial charge in [-0.25, -0.2) is 4.57 Å². The maximum Gasteiger partial charge on any atom is 0.242 e. The maximum atomic E-state index is 13.0. The number of carbonyl (C=O) groups excluding carboxylic acids is 2. The fourth-order valence-corrected chi connectivity index (χ4v) is 5.32. The van der Waals surface area contributed by atoms with Gasteiger partial charge < -0.3 is 10.6 Å². The van der Waals surface area contributed by atoms with Crippen molar-refractivity contribution in [3.63, 3.8) is 0 Å². The lowest BCUT2D eigenvalue weighted by Crippen LogP contribution is -2.48. The van der Waals surface area contributed by atoms with E-state index in [0.717, 1.165) is 44.2 Å². The van der Waals surface area contributed by atoms with E-state index in [1.54, 1.807) is 0 Å². The Balaban J connectivity index is 1.56. The molecule has 2 aromatic rings. The Labute approximate surface area is 250 Å². The number of pyridine rings is 1. The zero-order valence-corrected chi connectivity index (χ0v) is 26.0. The van der Waals surface area contributed by atoms with E-state index in [4.69, 9.17) is 0 Å². The minimum Gasteiger partial charge on any atom is -0.354 e. The molecule has 1 aromatic heterocycles. The molecule has 2 rings (SSSR count). The molecule has 5 heteroatoms. The van der Waals surface area contributed by atoms with Gasteiger partial charge in [-0.05, 0) is 24.8 Å². The van der Waals surface area contributed by atoms with Gasteiger partial charge in [0.1, 0.15) is 12.6 Å². The number of benzene rings is 1. The van der Waals surface area contributed by atoms with Crippen LogP contribution in [0.3, 0.4) is 0 Å². The van der Waals surface area contributed by atoms with Crippen LogP contribution in [0.4, 0.5) is 0 Å². The minimum atomic E-state index is -0.531. The lowest BCUT2D eigenvalue weighted by atomic mass is 10.0. The zero-order valence-electron chi connectivity index (χ0n) is 26.0. The van der Waals surface area contributed by atoms with Crippen molar-refractivity contribution >= 4 is 11.8 Å². The van der Waals surface area contributed by atoms with Crippen molar-refractivity contribution in [1.82, 2.24) is 10.6 Å². The quantitative estimate of drug-likeness (QED) is 0.0952. The summed E-state index contributed by atoms with van der Waals surface area (Å²) in [5, 5.41) is 6.11. The van der Waals surface area contributed by atoms with Gasteiger partial charge in [0.05, 0.1) is 0 Å². The van der Waals surface area contributed by atoms with Crippen LogP contribution in [-0.4, -0.2) is 24.4 Å². The number of hydrogen-bond donors (Lipinski definition) is 2. The highest BCUT2D eigenvalue weighted by Crippen LogP contribution is 2.13. The van der Waals surface area contributed by atoms with Gasteiger partial charge in [0.15, 0.2) is 12.4 Å². The molecule has 0 saturated heterocycles. The van der Waals surface area contributed by atoms with Gasteiger partial charge in [-0.15, -0.1) is 0 Å². The lowest BCUT2D eigenvalue weighted by molar-refractivity contribution is -0.697. The topological polar surface area (TPSA) is 62.1 Å². The number of hydrogen-bond acceptors (Lipinski definition) is 2. The molecule has 2 N–H and O–H groups in total. The smallest absolute Gasteiger partial charge is 0.242 e. The van der Waals surface area contributed by atoms with E-state index in [-0.39, 0.29) is 11.8 Å². The standard InChI is InChI=1S/C36H57N3O2/c1-2-3-4-5-6-7-8-9-10-11-12-13-14-21-28-37-36(41)34(32-33-25-18-15-19-26-33)38-35(40)27-20-16-22-29-39-30-23-17-24-31-39/h15,17-19,23-26,30-31,34H,2-14,16,20-22,27-29,32H2,1H3,(H-,37,38,40,41)/p+1/t34-/m0/s1. The maximum absolute atomic E-state index is 13.0. The molecule has 5 nitrogen and oxygen atoms in total. The van der Waals surface area contributed by atoms with Crippen molar-refractivity contribution in [3.8, 4) is 0 Å². The predicted octanol–water partition coefficient (Wildman–Crippen LogP) is 7.86. The summed E-state index contributed by atoms with van der Waals surface area (Å²) in [6.45, 7) is 3.91. The highest BCUT2D eigenvalue weighted by molar-refractivity contribution is 5.87. The average molecular weight is 565 g/mol. The highest BCUT2D eigenvalue weighted by Gasteiger charge is 2.20. The first kappa shape index (κ1) is 34.5. The van der Waals surface area contributed by atoms with Crippen molar-refractivity contribution in [2.24, 2.45) is 0 Å². The van der Waals surface area contributed by atoms with E-state index in [1.165, 1.54) is 77.0 Å². The van der Waals surface area contributed by atoms with Crippen LogP contribution in [0.15, 0.2) is 60.9 Å². The minimum absolute atomic E-state index is 0.0371. The largest absolute Gasteiger partial charge is 0.354 e. The monoisotopic (exact) mass is 564 g/mol. The van der Waals surface area contributed by atoms with Crippen molar-refractivity contribution in [2.75, 3.05) is 6.54 Å².